The van der Waals surface area contributed by atoms with Gasteiger partial charge in [-0.05, 0) is 37.3 Å². The minimum atomic E-state index is -0.167. The number of amides is 2. The molecule has 6 nitrogen and oxygen atoms in total. The standard InChI is InChI=1S/C19H17ClN2O4/c1-12-14-11-13(20)4-5-15(14)26-17(12)19(24)22-8-6-21(7-9-22)18(23)16-3-2-10-25-16/h2-5,10-11H,6-9H2,1H3. The highest BCUT2D eigenvalue weighted by Gasteiger charge is 2.29. The summed E-state index contributed by atoms with van der Waals surface area (Å²) in [6, 6.07) is 8.63. The average molecular weight is 373 g/mol. The van der Waals surface area contributed by atoms with Gasteiger partial charge in [0.05, 0.1) is 6.26 Å². The lowest BCUT2D eigenvalue weighted by Crippen LogP contribution is -2.50. The molecule has 26 heavy (non-hydrogen) atoms. The van der Waals surface area contributed by atoms with E-state index in [1.165, 1.54) is 6.26 Å². The van der Waals surface area contributed by atoms with Crippen LogP contribution in [0.25, 0.3) is 11.0 Å². The fraction of sp³-hybridized carbons (Fsp3) is 0.263. The number of fused-ring (bicyclic) bond motifs is 1. The zero-order valence-corrected chi connectivity index (χ0v) is 15.0. The molecule has 0 bridgehead atoms. The van der Waals surface area contributed by atoms with Crippen LogP contribution in [-0.2, 0) is 0 Å². The molecule has 1 aliphatic heterocycles. The summed E-state index contributed by atoms with van der Waals surface area (Å²) in [5, 5.41) is 1.44. The van der Waals surface area contributed by atoms with Gasteiger partial charge in [0.2, 0.25) is 0 Å². The van der Waals surface area contributed by atoms with Crippen LogP contribution in [0.3, 0.4) is 0 Å². The van der Waals surface area contributed by atoms with Crippen LogP contribution in [0.2, 0.25) is 5.02 Å². The number of furan rings is 2. The molecule has 1 aliphatic rings. The molecule has 0 spiro atoms. The second kappa shape index (κ2) is 6.53. The average Bonchev–Trinajstić information content (AvgIpc) is 3.30. The molecule has 1 fully saturated rings. The van der Waals surface area contributed by atoms with Crippen molar-refractivity contribution < 1.29 is 18.4 Å². The fourth-order valence-electron chi connectivity index (χ4n) is 3.21. The third-order valence-corrected chi connectivity index (χ3v) is 4.91. The van der Waals surface area contributed by atoms with Gasteiger partial charge in [0.25, 0.3) is 11.8 Å². The molecule has 3 heterocycles. The molecule has 0 N–H and O–H groups in total. The van der Waals surface area contributed by atoms with Crippen molar-refractivity contribution in [2.45, 2.75) is 6.92 Å². The molecule has 2 aromatic heterocycles. The summed E-state index contributed by atoms with van der Waals surface area (Å²) in [6.45, 7) is 3.66. The van der Waals surface area contributed by atoms with Crippen LogP contribution in [-0.4, -0.2) is 47.8 Å². The normalized spacial score (nSPS) is 14.8. The first kappa shape index (κ1) is 16.7. The first-order chi connectivity index (χ1) is 12.5. The summed E-state index contributed by atoms with van der Waals surface area (Å²) in [6.07, 6.45) is 1.48. The Bertz CT molecular complexity index is 969. The van der Waals surface area contributed by atoms with Gasteiger partial charge in [0.1, 0.15) is 5.58 Å². The molecule has 7 heteroatoms. The second-order valence-electron chi connectivity index (χ2n) is 6.26. The van der Waals surface area contributed by atoms with Crippen LogP contribution in [0.5, 0.6) is 0 Å². The van der Waals surface area contributed by atoms with E-state index in [0.29, 0.717) is 48.3 Å². The van der Waals surface area contributed by atoms with Gasteiger partial charge >= 0.3 is 0 Å². The van der Waals surface area contributed by atoms with Crippen molar-refractivity contribution in [1.29, 1.82) is 0 Å². The maximum absolute atomic E-state index is 12.9. The fourth-order valence-corrected chi connectivity index (χ4v) is 3.38. The van der Waals surface area contributed by atoms with Gasteiger partial charge in [-0.3, -0.25) is 9.59 Å². The highest BCUT2D eigenvalue weighted by atomic mass is 35.5. The van der Waals surface area contributed by atoms with E-state index in [9.17, 15) is 9.59 Å². The van der Waals surface area contributed by atoms with E-state index in [1.54, 1.807) is 40.1 Å². The van der Waals surface area contributed by atoms with Crippen molar-refractivity contribution in [2.75, 3.05) is 26.2 Å². The minimum absolute atomic E-state index is 0.156. The molecule has 0 atom stereocenters. The summed E-state index contributed by atoms with van der Waals surface area (Å²) in [5.74, 6) is 0.319. The van der Waals surface area contributed by atoms with Gasteiger partial charge in [-0.1, -0.05) is 11.6 Å². The molecular formula is C19H17ClN2O4. The topological polar surface area (TPSA) is 66.9 Å². The van der Waals surface area contributed by atoms with E-state index in [2.05, 4.69) is 0 Å². The number of piperazine rings is 1. The molecule has 3 aromatic rings. The minimum Gasteiger partial charge on any atom is -0.459 e. The molecule has 2 amide bonds. The molecule has 0 radical (unpaired) electrons. The van der Waals surface area contributed by atoms with Gasteiger partial charge in [0, 0.05) is 42.2 Å². The number of hydrogen-bond acceptors (Lipinski definition) is 4. The molecule has 134 valence electrons. The smallest absolute Gasteiger partial charge is 0.290 e. The first-order valence-electron chi connectivity index (χ1n) is 8.35. The first-order valence-corrected chi connectivity index (χ1v) is 8.73. The number of carbonyl (C=O) groups excluding carboxylic acids is 2. The Morgan fingerprint density at radius 1 is 1.04 bits per heavy atom. The number of nitrogens with zero attached hydrogens (tertiary/aromatic N) is 2. The van der Waals surface area contributed by atoms with Crippen LogP contribution in [0.1, 0.15) is 26.7 Å². The highest BCUT2D eigenvalue weighted by molar-refractivity contribution is 6.31. The summed E-state index contributed by atoms with van der Waals surface area (Å²) in [5.41, 5.74) is 1.42. The lowest BCUT2D eigenvalue weighted by molar-refractivity contribution is 0.0503. The van der Waals surface area contributed by atoms with Gasteiger partial charge in [0.15, 0.2) is 11.5 Å². The van der Waals surface area contributed by atoms with Crippen LogP contribution < -0.4 is 0 Å². The largest absolute Gasteiger partial charge is 0.459 e. The van der Waals surface area contributed by atoms with Crippen molar-refractivity contribution in [3.63, 3.8) is 0 Å². The quantitative estimate of drug-likeness (QED) is 0.689. The molecule has 1 aromatic carbocycles. The van der Waals surface area contributed by atoms with Gasteiger partial charge < -0.3 is 18.6 Å². The lowest BCUT2D eigenvalue weighted by Gasteiger charge is -2.34. The summed E-state index contributed by atoms with van der Waals surface area (Å²) < 4.78 is 10.9. The van der Waals surface area contributed by atoms with E-state index in [4.69, 9.17) is 20.4 Å². The predicted octanol–water partition coefficient (Wildman–Crippen LogP) is 3.59. The molecular weight excluding hydrogens is 356 g/mol. The van der Waals surface area contributed by atoms with Crippen LogP contribution in [0.15, 0.2) is 45.4 Å². The Morgan fingerprint density at radius 3 is 2.38 bits per heavy atom. The summed E-state index contributed by atoms with van der Waals surface area (Å²) >= 11 is 6.03. The van der Waals surface area contributed by atoms with Crippen LogP contribution in [0, 0.1) is 6.92 Å². The maximum atomic E-state index is 12.9. The van der Waals surface area contributed by atoms with Crippen molar-refractivity contribution >= 4 is 34.4 Å². The predicted molar refractivity (Wildman–Crippen MR) is 96.5 cm³/mol. The summed E-state index contributed by atoms with van der Waals surface area (Å²) in [4.78, 5) is 28.6. The van der Waals surface area contributed by atoms with Gasteiger partial charge in [-0.15, -0.1) is 0 Å². The number of halogens is 1. The third-order valence-electron chi connectivity index (χ3n) is 4.68. The van der Waals surface area contributed by atoms with E-state index < -0.39 is 0 Å². The van der Waals surface area contributed by atoms with Crippen molar-refractivity contribution in [1.82, 2.24) is 9.80 Å². The Hall–Kier alpha value is -2.73. The van der Waals surface area contributed by atoms with Gasteiger partial charge in [-0.25, -0.2) is 0 Å². The Kier molecular flexibility index (Phi) is 4.20. The zero-order valence-electron chi connectivity index (χ0n) is 14.2. The van der Waals surface area contributed by atoms with E-state index >= 15 is 0 Å². The van der Waals surface area contributed by atoms with Gasteiger partial charge in [-0.2, -0.15) is 0 Å². The van der Waals surface area contributed by atoms with Crippen molar-refractivity contribution in [3.8, 4) is 0 Å². The summed E-state index contributed by atoms with van der Waals surface area (Å²) in [7, 11) is 0. The van der Waals surface area contributed by atoms with E-state index in [1.807, 2.05) is 6.92 Å². The van der Waals surface area contributed by atoms with Crippen molar-refractivity contribution in [3.05, 3.63) is 58.7 Å². The number of aryl methyl sites for hydroxylation is 1. The zero-order chi connectivity index (χ0) is 18.3. The van der Waals surface area contributed by atoms with E-state index in [0.717, 1.165) is 10.9 Å². The molecule has 1 saturated heterocycles. The number of hydrogen-bond donors (Lipinski definition) is 0. The maximum Gasteiger partial charge on any atom is 0.290 e. The van der Waals surface area contributed by atoms with Crippen molar-refractivity contribution in [2.24, 2.45) is 0 Å². The lowest BCUT2D eigenvalue weighted by atomic mass is 10.1. The number of carbonyl (C=O) groups is 2. The SMILES string of the molecule is Cc1c(C(=O)N2CCN(C(=O)c3ccco3)CC2)oc2ccc(Cl)cc12. The molecule has 0 unspecified atom stereocenters. The monoisotopic (exact) mass is 372 g/mol. The highest BCUT2D eigenvalue weighted by Crippen LogP contribution is 2.29. The van der Waals surface area contributed by atoms with Crippen LogP contribution >= 0.6 is 11.6 Å². The molecule has 0 saturated carbocycles. The van der Waals surface area contributed by atoms with Crippen LogP contribution in [0.4, 0.5) is 0 Å². The third kappa shape index (κ3) is 2.86. The Labute approximate surface area is 154 Å². The molecule has 0 aliphatic carbocycles. The number of rotatable bonds is 2. The Morgan fingerprint density at radius 2 is 1.73 bits per heavy atom. The number of benzene rings is 1. The van der Waals surface area contributed by atoms with E-state index in [-0.39, 0.29) is 11.8 Å². The Balaban J connectivity index is 1.49. The second-order valence-corrected chi connectivity index (χ2v) is 6.69. The molecule has 4 rings (SSSR count).